The standard InChI is InChI=1S/C35H49ClN2O8/c1-4-43-31(39)22-34(41)14-18-37(24-34)16-8-20-45-29-12-6-10-27(26(29)3)28-11-7-13-30(33(28)36)46-21-9-17-38-19-15-35(42,25-38)23-32(40)44-5-2/h6-7,10-13,41-42H,4-5,8-9,14-25H2,1-3H3. The average Bonchev–Trinajstić information content (AvgIpc) is 3.56. The van der Waals surface area contributed by atoms with Crippen molar-refractivity contribution in [1.82, 2.24) is 9.80 Å². The van der Waals surface area contributed by atoms with Crippen molar-refractivity contribution < 1.29 is 38.7 Å². The molecule has 0 amide bonds. The normalized spacial score (nSPS) is 21.8. The van der Waals surface area contributed by atoms with Gasteiger partial charge < -0.3 is 39.0 Å². The van der Waals surface area contributed by atoms with Crippen molar-refractivity contribution in [3.8, 4) is 22.6 Å². The molecule has 46 heavy (non-hydrogen) atoms. The van der Waals surface area contributed by atoms with Crippen LogP contribution in [-0.4, -0.2) is 109 Å². The molecule has 4 rings (SSSR count). The highest BCUT2D eigenvalue weighted by molar-refractivity contribution is 6.34. The lowest BCUT2D eigenvalue weighted by molar-refractivity contribution is -0.149. The van der Waals surface area contributed by atoms with Gasteiger partial charge in [0.05, 0.1) is 55.5 Å². The maximum Gasteiger partial charge on any atom is 0.308 e. The monoisotopic (exact) mass is 660 g/mol. The topological polar surface area (TPSA) is 118 Å². The largest absolute Gasteiger partial charge is 0.493 e. The van der Waals surface area contributed by atoms with Gasteiger partial charge in [-0.1, -0.05) is 35.9 Å². The molecule has 2 fully saturated rings. The van der Waals surface area contributed by atoms with Crippen molar-refractivity contribution in [2.75, 3.05) is 65.7 Å². The van der Waals surface area contributed by atoms with Crippen molar-refractivity contribution in [3.63, 3.8) is 0 Å². The molecule has 10 nitrogen and oxygen atoms in total. The zero-order valence-electron chi connectivity index (χ0n) is 27.4. The number of nitrogens with zero attached hydrogens (tertiary/aromatic N) is 2. The summed E-state index contributed by atoms with van der Waals surface area (Å²) in [5, 5.41) is 22.0. The Morgan fingerprint density at radius 2 is 1.26 bits per heavy atom. The summed E-state index contributed by atoms with van der Waals surface area (Å²) in [6, 6.07) is 11.7. The van der Waals surface area contributed by atoms with Crippen LogP contribution < -0.4 is 9.47 Å². The van der Waals surface area contributed by atoms with Crippen molar-refractivity contribution in [1.29, 1.82) is 0 Å². The van der Waals surface area contributed by atoms with Crippen LogP contribution in [0.25, 0.3) is 11.1 Å². The first-order valence-corrected chi connectivity index (χ1v) is 16.8. The Morgan fingerprint density at radius 3 is 1.78 bits per heavy atom. The summed E-state index contributed by atoms with van der Waals surface area (Å²) in [7, 11) is 0. The molecule has 2 N–H and O–H groups in total. The Kier molecular flexibility index (Phi) is 13.1. The van der Waals surface area contributed by atoms with Gasteiger partial charge in [-0.25, -0.2) is 0 Å². The number of aliphatic hydroxyl groups is 2. The minimum absolute atomic E-state index is 0.0194. The van der Waals surface area contributed by atoms with Crippen LogP contribution in [0.2, 0.25) is 5.02 Å². The van der Waals surface area contributed by atoms with E-state index in [0.717, 1.165) is 61.5 Å². The molecule has 254 valence electrons. The van der Waals surface area contributed by atoms with Gasteiger partial charge in [-0.3, -0.25) is 9.59 Å². The van der Waals surface area contributed by atoms with Crippen LogP contribution in [0.3, 0.4) is 0 Å². The fourth-order valence-electron chi connectivity index (χ4n) is 6.35. The average molecular weight is 661 g/mol. The smallest absolute Gasteiger partial charge is 0.308 e. The number of carbonyl (C=O) groups is 2. The van der Waals surface area contributed by atoms with E-state index in [1.165, 1.54) is 0 Å². The number of halogens is 1. The van der Waals surface area contributed by atoms with E-state index in [2.05, 4.69) is 9.80 Å². The van der Waals surface area contributed by atoms with Crippen LogP contribution in [0.15, 0.2) is 36.4 Å². The second kappa shape index (κ2) is 16.8. The van der Waals surface area contributed by atoms with E-state index in [1.807, 2.05) is 43.3 Å². The van der Waals surface area contributed by atoms with Gasteiger partial charge in [-0.2, -0.15) is 0 Å². The van der Waals surface area contributed by atoms with E-state index in [4.69, 9.17) is 30.5 Å². The molecule has 0 aliphatic carbocycles. The molecular weight excluding hydrogens is 612 g/mol. The number of hydrogen-bond donors (Lipinski definition) is 2. The third-order valence-electron chi connectivity index (χ3n) is 8.67. The molecule has 0 spiro atoms. The van der Waals surface area contributed by atoms with Crippen LogP contribution >= 0.6 is 11.6 Å². The third-order valence-corrected chi connectivity index (χ3v) is 9.06. The van der Waals surface area contributed by atoms with E-state index < -0.39 is 11.2 Å². The summed E-state index contributed by atoms with van der Waals surface area (Å²) in [6.07, 6.45) is 2.68. The molecule has 2 aromatic rings. The molecule has 0 aromatic heterocycles. The quantitative estimate of drug-likeness (QED) is 0.184. The van der Waals surface area contributed by atoms with Crippen LogP contribution in [-0.2, 0) is 19.1 Å². The molecule has 0 saturated carbocycles. The van der Waals surface area contributed by atoms with Gasteiger partial charge in [0.25, 0.3) is 0 Å². The van der Waals surface area contributed by atoms with Gasteiger partial charge in [0.1, 0.15) is 11.5 Å². The van der Waals surface area contributed by atoms with E-state index >= 15 is 0 Å². The molecule has 0 radical (unpaired) electrons. The summed E-state index contributed by atoms with van der Waals surface area (Å²) in [5.74, 6) is 0.677. The van der Waals surface area contributed by atoms with Gasteiger partial charge in [-0.05, 0) is 69.7 Å². The number of ether oxygens (including phenoxy) is 4. The molecule has 2 saturated heterocycles. The van der Waals surface area contributed by atoms with Gasteiger partial charge >= 0.3 is 11.9 Å². The fourth-order valence-corrected chi connectivity index (χ4v) is 6.63. The van der Waals surface area contributed by atoms with Crippen molar-refractivity contribution >= 4 is 23.5 Å². The zero-order valence-corrected chi connectivity index (χ0v) is 28.2. The highest BCUT2D eigenvalue weighted by atomic mass is 35.5. The number of benzene rings is 2. The van der Waals surface area contributed by atoms with Crippen LogP contribution in [0.1, 0.15) is 57.9 Å². The molecular formula is C35H49ClN2O8. The fraction of sp³-hybridized carbons (Fsp3) is 0.600. The predicted molar refractivity (Wildman–Crippen MR) is 176 cm³/mol. The van der Waals surface area contributed by atoms with E-state index in [-0.39, 0.29) is 24.8 Å². The van der Waals surface area contributed by atoms with Gasteiger partial charge in [-0.15, -0.1) is 0 Å². The summed E-state index contributed by atoms with van der Waals surface area (Å²) >= 11 is 6.85. The first-order chi connectivity index (χ1) is 22.0. The second-order valence-electron chi connectivity index (χ2n) is 12.4. The third kappa shape index (κ3) is 10.1. The highest BCUT2D eigenvalue weighted by Crippen LogP contribution is 2.39. The molecule has 0 bridgehead atoms. The SMILES string of the molecule is CCOC(=O)CC1(O)CCN(CCCOc2cccc(-c3cccc(OCCCN4CCC(O)(CC(=O)OCC)C4)c3Cl)c2C)C1. The molecule has 11 heteroatoms. The Hall–Kier alpha value is -2.89. The summed E-state index contributed by atoms with van der Waals surface area (Å²) < 4.78 is 22.3. The Balaban J connectivity index is 1.24. The lowest BCUT2D eigenvalue weighted by atomic mass is 9.99. The lowest BCUT2D eigenvalue weighted by Crippen LogP contribution is -2.36. The first-order valence-electron chi connectivity index (χ1n) is 16.4. The number of rotatable bonds is 17. The lowest BCUT2D eigenvalue weighted by Gasteiger charge is -2.22. The molecule has 2 aromatic carbocycles. The first kappa shape index (κ1) is 36.0. The second-order valence-corrected chi connectivity index (χ2v) is 12.8. The summed E-state index contributed by atoms with van der Waals surface area (Å²) in [5.41, 5.74) is 0.755. The Morgan fingerprint density at radius 1 is 0.783 bits per heavy atom. The minimum atomic E-state index is -1.03. The van der Waals surface area contributed by atoms with Crippen LogP contribution in [0.5, 0.6) is 11.5 Å². The maximum atomic E-state index is 11.8. The Labute approximate surface area is 277 Å². The molecule has 2 unspecified atom stereocenters. The Bertz CT molecular complexity index is 1230. The van der Waals surface area contributed by atoms with Gasteiger partial charge in [0.2, 0.25) is 0 Å². The van der Waals surface area contributed by atoms with Crippen molar-refractivity contribution in [2.24, 2.45) is 0 Å². The van der Waals surface area contributed by atoms with Gasteiger partial charge in [0.15, 0.2) is 0 Å². The predicted octanol–water partition coefficient (Wildman–Crippen LogP) is 4.63. The molecule has 2 atom stereocenters. The van der Waals surface area contributed by atoms with Crippen LogP contribution in [0, 0.1) is 6.92 Å². The van der Waals surface area contributed by atoms with Crippen LogP contribution in [0.4, 0.5) is 0 Å². The molecule has 2 aliphatic heterocycles. The summed E-state index contributed by atoms with van der Waals surface area (Å²) in [6.45, 7) is 11.0. The number of esters is 2. The van der Waals surface area contributed by atoms with E-state index in [0.29, 0.717) is 63.1 Å². The number of carbonyl (C=O) groups excluding carboxylic acids is 2. The van der Waals surface area contributed by atoms with E-state index in [1.54, 1.807) is 13.8 Å². The molecule has 2 aliphatic rings. The maximum absolute atomic E-state index is 11.8. The summed E-state index contributed by atoms with van der Waals surface area (Å²) in [4.78, 5) is 28.0. The number of likely N-dealkylation sites (tertiary alicyclic amines) is 2. The number of hydrogen-bond acceptors (Lipinski definition) is 10. The van der Waals surface area contributed by atoms with Crippen molar-refractivity contribution in [3.05, 3.63) is 47.0 Å². The van der Waals surface area contributed by atoms with Gasteiger partial charge in [0, 0.05) is 44.8 Å². The molecule has 2 heterocycles. The minimum Gasteiger partial charge on any atom is -0.493 e. The highest BCUT2D eigenvalue weighted by Gasteiger charge is 2.39. The zero-order chi connectivity index (χ0) is 33.2. The van der Waals surface area contributed by atoms with E-state index in [9.17, 15) is 19.8 Å². The number of β-amino-alcohol motifs (C(OH)–C–C–N with tert-alkyl or cyclic N) is 2. The van der Waals surface area contributed by atoms with Crippen molar-refractivity contribution in [2.45, 2.75) is 70.5 Å².